The van der Waals surface area contributed by atoms with E-state index in [1.807, 2.05) is 30.5 Å². The molecule has 1 aliphatic rings. The van der Waals surface area contributed by atoms with Crippen molar-refractivity contribution in [2.24, 2.45) is 0 Å². The van der Waals surface area contributed by atoms with Gasteiger partial charge in [0.15, 0.2) is 16.6 Å². The highest BCUT2D eigenvalue weighted by atomic mass is 32.1. The fraction of sp³-hybridized carbons (Fsp3) is 0.231. The molecule has 3 rings (SSSR count). The molecule has 0 unspecified atom stereocenters. The highest BCUT2D eigenvalue weighted by Gasteiger charge is 2.13. The molecular formula is C13H14N4O2S2. The van der Waals surface area contributed by atoms with Gasteiger partial charge in [0.1, 0.15) is 0 Å². The number of aryl methyl sites for hydroxylation is 1. The average Bonchev–Trinajstić information content (AvgIpc) is 3.10. The Bertz CT molecular complexity index is 659. The molecule has 6 nitrogen and oxygen atoms in total. The van der Waals surface area contributed by atoms with E-state index in [4.69, 9.17) is 21.7 Å². The Balaban J connectivity index is 1.47. The molecule has 0 radical (unpaired) electrons. The summed E-state index contributed by atoms with van der Waals surface area (Å²) in [6.45, 7) is 2.82. The van der Waals surface area contributed by atoms with Gasteiger partial charge in [-0.3, -0.25) is 10.9 Å². The first-order valence-electron chi connectivity index (χ1n) is 6.31. The minimum absolute atomic E-state index is 0.281. The number of anilines is 1. The highest BCUT2D eigenvalue weighted by molar-refractivity contribution is 7.80. The number of aromatic nitrogens is 1. The lowest BCUT2D eigenvalue weighted by Crippen LogP contribution is -2.38. The normalized spacial score (nSPS) is 12.0. The molecule has 110 valence electrons. The number of thiocarbonyl (C=S) groups is 1. The molecule has 21 heavy (non-hydrogen) atoms. The summed E-state index contributed by atoms with van der Waals surface area (Å²) in [6.07, 6.45) is 0. The Hall–Kier alpha value is -2.06. The fourth-order valence-corrected chi connectivity index (χ4v) is 2.56. The van der Waals surface area contributed by atoms with Crippen molar-refractivity contribution in [2.45, 2.75) is 13.5 Å². The van der Waals surface area contributed by atoms with Crippen LogP contribution < -0.4 is 25.6 Å². The molecule has 0 saturated heterocycles. The summed E-state index contributed by atoms with van der Waals surface area (Å²) in [5.41, 5.74) is 7.89. The first-order chi connectivity index (χ1) is 10.2. The third-order valence-electron chi connectivity index (χ3n) is 2.79. The maximum Gasteiger partial charge on any atom is 0.231 e. The number of hydrazine groups is 1. The predicted octanol–water partition coefficient (Wildman–Crippen LogP) is 2.17. The number of hydrogen-bond acceptors (Lipinski definition) is 6. The van der Waals surface area contributed by atoms with Crippen LogP contribution in [-0.4, -0.2) is 16.9 Å². The number of fused-ring (bicyclic) bond motifs is 1. The predicted molar refractivity (Wildman–Crippen MR) is 85.6 cm³/mol. The van der Waals surface area contributed by atoms with Crippen LogP contribution in [0.2, 0.25) is 0 Å². The first-order valence-corrected chi connectivity index (χ1v) is 7.60. The topological polar surface area (TPSA) is 67.4 Å². The average molecular weight is 322 g/mol. The Kier molecular flexibility index (Phi) is 4.07. The molecule has 0 amide bonds. The Labute approximate surface area is 131 Å². The number of nitrogens with one attached hydrogen (secondary N) is 3. The lowest BCUT2D eigenvalue weighted by molar-refractivity contribution is 0.174. The summed E-state index contributed by atoms with van der Waals surface area (Å²) >= 11 is 6.71. The number of rotatable bonds is 4. The highest BCUT2D eigenvalue weighted by Crippen LogP contribution is 2.32. The molecule has 0 atom stereocenters. The summed E-state index contributed by atoms with van der Waals surface area (Å²) in [5, 5.41) is 6.35. The third-order valence-corrected chi connectivity index (χ3v) is 3.91. The molecule has 1 aromatic carbocycles. The smallest absolute Gasteiger partial charge is 0.231 e. The van der Waals surface area contributed by atoms with Gasteiger partial charge in [-0.05, 0) is 36.8 Å². The Morgan fingerprint density at radius 3 is 3.05 bits per heavy atom. The zero-order valence-electron chi connectivity index (χ0n) is 11.3. The van der Waals surface area contributed by atoms with Crippen LogP contribution in [0.4, 0.5) is 5.13 Å². The number of benzene rings is 1. The summed E-state index contributed by atoms with van der Waals surface area (Å²) < 4.78 is 10.6. The van der Waals surface area contributed by atoms with Crippen LogP contribution in [0, 0.1) is 6.92 Å². The Morgan fingerprint density at radius 2 is 2.24 bits per heavy atom. The number of nitrogens with zero attached hydrogens (tertiary/aromatic N) is 1. The van der Waals surface area contributed by atoms with Gasteiger partial charge < -0.3 is 14.8 Å². The minimum Gasteiger partial charge on any atom is -0.454 e. The van der Waals surface area contributed by atoms with Crippen molar-refractivity contribution < 1.29 is 9.47 Å². The summed E-state index contributed by atoms with van der Waals surface area (Å²) in [4.78, 5) is 4.27. The van der Waals surface area contributed by atoms with Crippen molar-refractivity contribution >= 4 is 33.8 Å². The van der Waals surface area contributed by atoms with Crippen molar-refractivity contribution in [3.05, 3.63) is 34.8 Å². The van der Waals surface area contributed by atoms with Crippen molar-refractivity contribution in [3.63, 3.8) is 0 Å². The van der Waals surface area contributed by atoms with Gasteiger partial charge >= 0.3 is 0 Å². The zero-order chi connectivity index (χ0) is 14.7. The van der Waals surface area contributed by atoms with Crippen LogP contribution >= 0.6 is 23.6 Å². The van der Waals surface area contributed by atoms with E-state index in [9.17, 15) is 0 Å². The van der Waals surface area contributed by atoms with E-state index in [2.05, 4.69) is 21.2 Å². The second kappa shape index (κ2) is 6.15. The van der Waals surface area contributed by atoms with Gasteiger partial charge in [-0.25, -0.2) is 4.98 Å². The molecule has 2 heterocycles. The van der Waals surface area contributed by atoms with Gasteiger partial charge in [0.25, 0.3) is 0 Å². The molecule has 0 aliphatic carbocycles. The molecule has 0 saturated carbocycles. The van der Waals surface area contributed by atoms with Gasteiger partial charge in [0, 0.05) is 11.9 Å². The van der Waals surface area contributed by atoms with E-state index >= 15 is 0 Å². The van der Waals surface area contributed by atoms with Crippen molar-refractivity contribution in [1.29, 1.82) is 0 Å². The van der Waals surface area contributed by atoms with Gasteiger partial charge in [0.05, 0.1) is 5.69 Å². The van der Waals surface area contributed by atoms with Crippen LogP contribution in [0.3, 0.4) is 0 Å². The Morgan fingerprint density at radius 1 is 1.38 bits per heavy atom. The van der Waals surface area contributed by atoms with E-state index in [-0.39, 0.29) is 6.79 Å². The molecule has 0 bridgehead atoms. The van der Waals surface area contributed by atoms with E-state index in [1.165, 1.54) is 11.3 Å². The van der Waals surface area contributed by atoms with Gasteiger partial charge in [-0.2, -0.15) is 0 Å². The largest absolute Gasteiger partial charge is 0.454 e. The van der Waals surface area contributed by atoms with Gasteiger partial charge in [-0.15, -0.1) is 11.3 Å². The summed E-state index contributed by atoms with van der Waals surface area (Å²) in [6, 6.07) is 5.81. The van der Waals surface area contributed by atoms with Crippen LogP contribution in [0.25, 0.3) is 0 Å². The SMILES string of the molecule is Cc1csc(NNC(=S)NCc2ccc3c(c2)OCO3)n1. The number of ether oxygens (including phenoxy) is 2. The third kappa shape index (κ3) is 3.53. The van der Waals surface area contributed by atoms with E-state index in [0.717, 1.165) is 27.9 Å². The maximum absolute atomic E-state index is 5.34. The molecule has 2 aromatic rings. The van der Waals surface area contributed by atoms with Crippen molar-refractivity contribution in [2.75, 3.05) is 12.2 Å². The monoisotopic (exact) mass is 322 g/mol. The molecule has 8 heteroatoms. The minimum atomic E-state index is 0.281. The van der Waals surface area contributed by atoms with Crippen LogP contribution in [0.15, 0.2) is 23.6 Å². The molecule has 3 N–H and O–H groups in total. The standard InChI is InChI=1S/C13H14N4O2S2/c1-8-6-21-13(15-8)17-16-12(20)14-5-9-2-3-10-11(4-9)19-7-18-10/h2-4,6H,5,7H2,1H3,(H,15,17)(H2,14,16,20). The fourth-order valence-electron chi connectivity index (χ4n) is 1.80. The summed E-state index contributed by atoms with van der Waals surface area (Å²) in [7, 11) is 0. The van der Waals surface area contributed by atoms with E-state index < -0.39 is 0 Å². The second-order valence-corrected chi connectivity index (χ2v) is 5.68. The van der Waals surface area contributed by atoms with E-state index in [0.29, 0.717) is 11.7 Å². The summed E-state index contributed by atoms with van der Waals surface area (Å²) in [5.74, 6) is 1.55. The maximum atomic E-state index is 5.34. The van der Waals surface area contributed by atoms with Crippen molar-refractivity contribution in [3.8, 4) is 11.5 Å². The van der Waals surface area contributed by atoms with Crippen LogP contribution in [0.1, 0.15) is 11.3 Å². The van der Waals surface area contributed by atoms with E-state index in [1.54, 1.807) is 0 Å². The van der Waals surface area contributed by atoms with Gasteiger partial charge in [-0.1, -0.05) is 6.07 Å². The molecule has 1 aromatic heterocycles. The molecule has 0 spiro atoms. The lowest BCUT2D eigenvalue weighted by Gasteiger charge is -2.11. The van der Waals surface area contributed by atoms with Crippen LogP contribution in [-0.2, 0) is 6.54 Å². The lowest BCUT2D eigenvalue weighted by atomic mass is 10.2. The molecule has 1 aliphatic heterocycles. The molecular weight excluding hydrogens is 308 g/mol. The van der Waals surface area contributed by atoms with Gasteiger partial charge in [0.2, 0.25) is 11.9 Å². The number of hydrogen-bond donors (Lipinski definition) is 3. The van der Waals surface area contributed by atoms with Crippen LogP contribution in [0.5, 0.6) is 11.5 Å². The second-order valence-electron chi connectivity index (χ2n) is 4.41. The molecule has 0 fully saturated rings. The first kappa shape index (κ1) is 13.9. The quantitative estimate of drug-likeness (QED) is 0.589. The zero-order valence-corrected chi connectivity index (χ0v) is 12.9. The number of thiazole rings is 1. The van der Waals surface area contributed by atoms with Crippen molar-refractivity contribution in [1.82, 2.24) is 15.7 Å².